The molecular formula is C32H41N3O5S. The van der Waals surface area contributed by atoms with Gasteiger partial charge in [-0.15, -0.1) is 0 Å². The molecule has 3 rings (SSSR count). The molecule has 220 valence electrons. The second-order valence-electron chi connectivity index (χ2n) is 11.1. The molecule has 0 fully saturated rings. The smallest absolute Gasteiger partial charge is 0.264 e. The molecule has 9 heteroatoms. The third kappa shape index (κ3) is 7.88. The van der Waals surface area contributed by atoms with E-state index in [1.807, 2.05) is 59.7 Å². The molecule has 0 saturated carbocycles. The maximum absolute atomic E-state index is 14.2. The topological polar surface area (TPSA) is 96.0 Å². The highest BCUT2D eigenvalue weighted by Gasteiger charge is 2.35. The van der Waals surface area contributed by atoms with Crippen molar-refractivity contribution in [2.24, 2.45) is 0 Å². The Labute approximate surface area is 244 Å². The van der Waals surface area contributed by atoms with E-state index in [4.69, 9.17) is 4.74 Å². The lowest BCUT2D eigenvalue weighted by Crippen LogP contribution is -2.55. The normalized spacial score (nSPS) is 12.4. The summed E-state index contributed by atoms with van der Waals surface area (Å²) in [5.41, 5.74) is 2.33. The molecule has 0 aromatic heterocycles. The summed E-state index contributed by atoms with van der Waals surface area (Å²) in [4.78, 5) is 29.2. The molecule has 2 amide bonds. The second kappa shape index (κ2) is 13.2. The Balaban J connectivity index is 2.10. The highest BCUT2D eigenvalue weighted by molar-refractivity contribution is 7.92. The fourth-order valence-corrected chi connectivity index (χ4v) is 6.03. The van der Waals surface area contributed by atoms with Crippen LogP contribution in [0.4, 0.5) is 5.69 Å². The molecule has 1 N–H and O–H groups in total. The molecule has 0 heterocycles. The zero-order valence-electron chi connectivity index (χ0n) is 25.0. The highest BCUT2D eigenvalue weighted by Crippen LogP contribution is 2.29. The summed E-state index contributed by atoms with van der Waals surface area (Å²) < 4.78 is 34.4. The number of carbonyl (C=O) groups is 2. The third-order valence-corrected chi connectivity index (χ3v) is 8.62. The van der Waals surface area contributed by atoms with Gasteiger partial charge in [-0.2, -0.15) is 0 Å². The molecule has 0 aliphatic carbocycles. The number of nitrogens with one attached hydrogen (secondary N) is 1. The molecule has 3 aromatic rings. The minimum Gasteiger partial charge on any atom is -0.497 e. The van der Waals surface area contributed by atoms with E-state index >= 15 is 0 Å². The summed E-state index contributed by atoms with van der Waals surface area (Å²) in [6, 6.07) is 19.9. The number of aryl methyl sites for hydroxylation is 1. The van der Waals surface area contributed by atoms with Crippen LogP contribution >= 0.6 is 0 Å². The number of sulfonamides is 1. The monoisotopic (exact) mass is 579 g/mol. The predicted molar refractivity (Wildman–Crippen MR) is 162 cm³/mol. The zero-order chi connectivity index (χ0) is 30.4. The van der Waals surface area contributed by atoms with Gasteiger partial charge < -0.3 is 15.0 Å². The molecule has 0 spiro atoms. The van der Waals surface area contributed by atoms with E-state index in [2.05, 4.69) is 5.32 Å². The van der Waals surface area contributed by atoms with Crippen LogP contribution < -0.4 is 14.4 Å². The van der Waals surface area contributed by atoms with Crippen molar-refractivity contribution in [1.82, 2.24) is 10.2 Å². The number of methoxy groups -OCH3 is 1. The summed E-state index contributed by atoms with van der Waals surface area (Å²) in [5, 5.41) is 2.98. The van der Waals surface area contributed by atoms with E-state index in [9.17, 15) is 18.0 Å². The van der Waals surface area contributed by atoms with E-state index in [1.54, 1.807) is 49.6 Å². The first-order valence-electron chi connectivity index (χ1n) is 13.7. The Hall–Kier alpha value is -3.85. The van der Waals surface area contributed by atoms with Crippen molar-refractivity contribution in [2.45, 2.75) is 71.0 Å². The summed E-state index contributed by atoms with van der Waals surface area (Å²) in [7, 11) is -2.54. The number of ether oxygens (including phenoxy) is 1. The van der Waals surface area contributed by atoms with Gasteiger partial charge in [0.1, 0.15) is 18.3 Å². The van der Waals surface area contributed by atoms with Crippen LogP contribution in [-0.2, 0) is 26.2 Å². The lowest BCUT2D eigenvalue weighted by molar-refractivity contribution is -0.141. The number of amides is 2. The maximum atomic E-state index is 14.2. The van der Waals surface area contributed by atoms with Gasteiger partial charge in [0.15, 0.2) is 0 Å². The molecule has 0 bridgehead atoms. The van der Waals surface area contributed by atoms with Crippen molar-refractivity contribution in [1.29, 1.82) is 0 Å². The number of rotatable bonds is 11. The van der Waals surface area contributed by atoms with Crippen LogP contribution in [0.3, 0.4) is 0 Å². The molecule has 8 nitrogen and oxygen atoms in total. The van der Waals surface area contributed by atoms with E-state index in [0.717, 1.165) is 21.0 Å². The van der Waals surface area contributed by atoms with Crippen LogP contribution in [0.5, 0.6) is 5.75 Å². The van der Waals surface area contributed by atoms with E-state index < -0.39 is 34.1 Å². The summed E-state index contributed by atoms with van der Waals surface area (Å²) in [5.74, 6) is -0.123. The van der Waals surface area contributed by atoms with Gasteiger partial charge in [0, 0.05) is 12.1 Å². The zero-order valence-corrected chi connectivity index (χ0v) is 25.8. The average molecular weight is 580 g/mol. The van der Waals surface area contributed by atoms with Crippen molar-refractivity contribution in [3.63, 3.8) is 0 Å². The lowest BCUT2D eigenvalue weighted by Gasteiger charge is -2.35. The summed E-state index contributed by atoms with van der Waals surface area (Å²) in [6.07, 6.45) is 0.346. The maximum Gasteiger partial charge on any atom is 0.264 e. The Morgan fingerprint density at radius 3 is 2.12 bits per heavy atom. The second-order valence-corrected chi connectivity index (χ2v) is 12.9. The van der Waals surface area contributed by atoms with Crippen LogP contribution in [0.2, 0.25) is 0 Å². The molecule has 0 saturated heterocycles. The molecule has 41 heavy (non-hydrogen) atoms. The standard InChI is InChI=1S/C32H41N3O5S/c1-8-28(31(37)33-32(4,5)6)34(21-25-17-19-26(40-7)20-18-25)30(36)22-35(29-16-12-13-23(2)24(29)3)41(38,39)27-14-10-9-11-15-27/h9-20,28H,8,21-22H2,1-7H3,(H,33,37)/t28-/m1/s1. The van der Waals surface area contributed by atoms with Gasteiger partial charge in [0.25, 0.3) is 10.0 Å². The van der Waals surface area contributed by atoms with Gasteiger partial charge in [0.05, 0.1) is 17.7 Å². The van der Waals surface area contributed by atoms with Gasteiger partial charge in [0.2, 0.25) is 11.8 Å². The molecule has 0 aliphatic rings. The van der Waals surface area contributed by atoms with Crippen LogP contribution in [0.25, 0.3) is 0 Å². The summed E-state index contributed by atoms with van der Waals surface area (Å²) in [6.45, 7) is 10.8. The molecular weight excluding hydrogens is 538 g/mol. The van der Waals surface area contributed by atoms with Gasteiger partial charge in [-0.25, -0.2) is 8.42 Å². The quantitative estimate of drug-likeness (QED) is 0.336. The minimum atomic E-state index is -4.12. The largest absolute Gasteiger partial charge is 0.497 e. The number of carbonyl (C=O) groups excluding carboxylic acids is 2. The van der Waals surface area contributed by atoms with Crippen LogP contribution in [0.15, 0.2) is 77.7 Å². The Bertz CT molecular complexity index is 1450. The number of benzene rings is 3. The first kappa shape index (κ1) is 31.7. The van der Waals surface area contributed by atoms with Gasteiger partial charge in [-0.3, -0.25) is 13.9 Å². The first-order valence-corrected chi connectivity index (χ1v) is 15.1. The fourth-order valence-electron chi connectivity index (χ4n) is 4.54. The van der Waals surface area contributed by atoms with Gasteiger partial charge in [-0.1, -0.05) is 49.4 Å². The number of nitrogens with zero attached hydrogens (tertiary/aromatic N) is 2. The van der Waals surface area contributed by atoms with Crippen LogP contribution in [0.1, 0.15) is 50.8 Å². The first-order chi connectivity index (χ1) is 19.3. The Kier molecular flexibility index (Phi) is 10.2. The van der Waals surface area contributed by atoms with Crippen molar-refractivity contribution in [2.75, 3.05) is 18.0 Å². The van der Waals surface area contributed by atoms with E-state index in [0.29, 0.717) is 17.9 Å². The van der Waals surface area contributed by atoms with Crippen molar-refractivity contribution >= 4 is 27.5 Å². The predicted octanol–water partition coefficient (Wildman–Crippen LogP) is 5.23. The van der Waals surface area contributed by atoms with Crippen molar-refractivity contribution in [3.8, 4) is 5.75 Å². The highest BCUT2D eigenvalue weighted by atomic mass is 32.2. The van der Waals surface area contributed by atoms with Gasteiger partial charge >= 0.3 is 0 Å². The molecule has 0 radical (unpaired) electrons. The number of hydrogen-bond donors (Lipinski definition) is 1. The van der Waals surface area contributed by atoms with Crippen LogP contribution in [-0.4, -0.2) is 50.4 Å². The fraction of sp³-hybridized carbons (Fsp3) is 0.375. The SMILES string of the molecule is CC[C@H](C(=O)NC(C)(C)C)N(Cc1ccc(OC)cc1)C(=O)CN(c1cccc(C)c1C)S(=O)(=O)c1ccccc1. The van der Waals surface area contributed by atoms with Crippen molar-refractivity contribution in [3.05, 3.63) is 89.5 Å². The van der Waals surface area contributed by atoms with Crippen LogP contribution in [0, 0.1) is 13.8 Å². The molecule has 3 aromatic carbocycles. The average Bonchev–Trinajstić information content (AvgIpc) is 2.93. The third-order valence-electron chi connectivity index (χ3n) is 6.85. The minimum absolute atomic E-state index is 0.0768. The Morgan fingerprint density at radius 2 is 1.56 bits per heavy atom. The summed E-state index contributed by atoms with van der Waals surface area (Å²) >= 11 is 0. The van der Waals surface area contributed by atoms with E-state index in [-0.39, 0.29) is 17.3 Å². The lowest BCUT2D eigenvalue weighted by atomic mass is 10.1. The number of anilines is 1. The van der Waals surface area contributed by atoms with Gasteiger partial charge in [-0.05, 0) is 88.1 Å². The molecule has 0 aliphatic heterocycles. The molecule has 1 atom stereocenters. The Morgan fingerprint density at radius 1 is 0.927 bits per heavy atom. The molecule has 0 unspecified atom stereocenters. The number of hydrogen-bond acceptors (Lipinski definition) is 5. The van der Waals surface area contributed by atoms with Crippen molar-refractivity contribution < 1.29 is 22.7 Å². The van der Waals surface area contributed by atoms with E-state index in [1.165, 1.54) is 17.0 Å².